The van der Waals surface area contributed by atoms with Gasteiger partial charge >= 0.3 is 17.9 Å². The molecule has 0 aliphatic heterocycles. The second kappa shape index (κ2) is 62.4. The van der Waals surface area contributed by atoms with E-state index in [1.165, 1.54) is 89.9 Å². The molecule has 6 heteroatoms. The molecule has 75 heavy (non-hydrogen) atoms. The number of rotatable bonds is 55. The molecule has 0 bridgehead atoms. The van der Waals surface area contributed by atoms with Gasteiger partial charge < -0.3 is 14.2 Å². The number of hydrogen-bond donors (Lipinski definition) is 0. The van der Waals surface area contributed by atoms with Crippen molar-refractivity contribution < 1.29 is 28.6 Å². The molecule has 6 nitrogen and oxygen atoms in total. The van der Waals surface area contributed by atoms with Crippen LogP contribution in [0, 0.1) is 0 Å². The molecule has 0 heterocycles. The Labute approximate surface area is 462 Å². The normalized spacial score (nSPS) is 12.9. The van der Waals surface area contributed by atoms with Gasteiger partial charge in [0.1, 0.15) is 13.2 Å². The maximum Gasteiger partial charge on any atom is 0.306 e. The Morgan fingerprint density at radius 1 is 0.280 bits per heavy atom. The first-order valence-corrected chi connectivity index (χ1v) is 31.0. The van der Waals surface area contributed by atoms with Crippen LogP contribution < -0.4 is 0 Å². The molecule has 0 aromatic heterocycles. The highest BCUT2D eigenvalue weighted by Crippen LogP contribution is 2.14. The molecular formula is C69H114O6. The Morgan fingerprint density at radius 2 is 0.520 bits per heavy atom. The predicted octanol–water partition coefficient (Wildman–Crippen LogP) is 21.2. The van der Waals surface area contributed by atoms with Crippen LogP contribution in [0.3, 0.4) is 0 Å². The van der Waals surface area contributed by atoms with Crippen LogP contribution in [0.15, 0.2) is 122 Å². The van der Waals surface area contributed by atoms with Crippen molar-refractivity contribution in [3.05, 3.63) is 122 Å². The summed E-state index contributed by atoms with van der Waals surface area (Å²) in [5, 5.41) is 0. The van der Waals surface area contributed by atoms with Gasteiger partial charge in [-0.2, -0.15) is 0 Å². The van der Waals surface area contributed by atoms with Crippen LogP contribution in [-0.4, -0.2) is 37.2 Å². The van der Waals surface area contributed by atoms with Crippen LogP contribution in [0.2, 0.25) is 0 Å². The fourth-order valence-electron chi connectivity index (χ4n) is 8.27. The first-order valence-electron chi connectivity index (χ1n) is 31.0. The van der Waals surface area contributed by atoms with Crippen LogP contribution in [0.1, 0.15) is 278 Å². The van der Waals surface area contributed by atoms with E-state index in [4.69, 9.17) is 14.2 Å². The Hall–Kier alpha value is -4.19. The monoisotopic (exact) mass is 1040 g/mol. The van der Waals surface area contributed by atoms with Crippen molar-refractivity contribution in [2.24, 2.45) is 0 Å². The van der Waals surface area contributed by atoms with E-state index in [0.717, 1.165) is 148 Å². The minimum atomic E-state index is -0.804. The number of carbonyl (C=O) groups is 3. The molecule has 0 amide bonds. The third-order valence-electron chi connectivity index (χ3n) is 12.9. The number of hydrogen-bond acceptors (Lipinski definition) is 6. The Morgan fingerprint density at radius 3 is 0.853 bits per heavy atom. The van der Waals surface area contributed by atoms with E-state index in [2.05, 4.69) is 142 Å². The van der Waals surface area contributed by atoms with E-state index in [-0.39, 0.29) is 31.1 Å². The first-order chi connectivity index (χ1) is 37.0. The van der Waals surface area contributed by atoms with Crippen molar-refractivity contribution >= 4 is 17.9 Å². The smallest absolute Gasteiger partial charge is 0.306 e. The summed E-state index contributed by atoms with van der Waals surface area (Å²) in [5.74, 6) is -0.942. The summed E-state index contributed by atoms with van der Waals surface area (Å²) in [4.78, 5) is 38.3. The van der Waals surface area contributed by atoms with Crippen molar-refractivity contribution in [1.29, 1.82) is 0 Å². The molecule has 0 fully saturated rings. The summed E-state index contributed by atoms with van der Waals surface area (Å²) in [6.07, 6.45) is 86.1. The zero-order valence-electron chi connectivity index (χ0n) is 48.8. The van der Waals surface area contributed by atoms with Crippen molar-refractivity contribution in [2.45, 2.75) is 284 Å². The largest absolute Gasteiger partial charge is 0.462 e. The quantitative estimate of drug-likeness (QED) is 0.0261. The molecule has 1 unspecified atom stereocenters. The summed E-state index contributed by atoms with van der Waals surface area (Å²) in [5.41, 5.74) is 0. The van der Waals surface area contributed by atoms with E-state index in [9.17, 15) is 14.4 Å². The minimum absolute atomic E-state index is 0.0984. The lowest BCUT2D eigenvalue weighted by atomic mass is 10.1. The highest BCUT2D eigenvalue weighted by atomic mass is 16.6. The summed E-state index contributed by atoms with van der Waals surface area (Å²) in [6, 6.07) is 0. The van der Waals surface area contributed by atoms with Gasteiger partial charge in [0.15, 0.2) is 6.10 Å². The average molecular weight is 1040 g/mol. The number of esters is 3. The Bertz CT molecular complexity index is 1570. The molecule has 1 atom stereocenters. The summed E-state index contributed by atoms with van der Waals surface area (Å²) < 4.78 is 16.9. The topological polar surface area (TPSA) is 78.9 Å². The zero-order valence-corrected chi connectivity index (χ0v) is 48.8. The van der Waals surface area contributed by atoms with Crippen LogP contribution in [0.25, 0.3) is 0 Å². The molecule has 0 saturated carbocycles. The lowest BCUT2D eigenvalue weighted by molar-refractivity contribution is -0.167. The van der Waals surface area contributed by atoms with Crippen molar-refractivity contribution in [2.75, 3.05) is 13.2 Å². The van der Waals surface area contributed by atoms with Crippen molar-refractivity contribution in [3.63, 3.8) is 0 Å². The fraction of sp³-hybridized carbons (Fsp3) is 0.667. The third kappa shape index (κ3) is 60.6. The molecule has 0 aliphatic carbocycles. The SMILES string of the molecule is CC/C=C\C/C=C\C/C=C\C/C=C\C/C=C\C/C=C\CCCCCCC(=O)OCC(COC(=O)CCCCCCC/C=C\CCCCCCCC)OC(=O)CCCCCCCC/C=C\C/C=C\C/C=C\CCCCC. The van der Waals surface area contributed by atoms with Gasteiger partial charge in [0.25, 0.3) is 0 Å². The summed E-state index contributed by atoms with van der Waals surface area (Å²) >= 11 is 0. The molecule has 0 aromatic carbocycles. The first kappa shape index (κ1) is 70.8. The summed E-state index contributed by atoms with van der Waals surface area (Å²) in [6.45, 7) is 6.46. The molecule has 0 rings (SSSR count). The molecule has 0 aliphatic rings. The third-order valence-corrected chi connectivity index (χ3v) is 12.9. The van der Waals surface area contributed by atoms with Gasteiger partial charge in [0.2, 0.25) is 0 Å². The molecule has 0 saturated heterocycles. The van der Waals surface area contributed by atoms with Crippen molar-refractivity contribution in [1.82, 2.24) is 0 Å². The molecule has 0 aromatic rings. The summed E-state index contributed by atoms with van der Waals surface area (Å²) in [7, 11) is 0. The van der Waals surface area contributed by atoms with Gasteiger partial charge in [-0.15, -0.1) is 0 Å². The molecule has 0 spiro atoms. The maximum atomic E-state index is 12.9. The number of ether oxygens (including phenoxy) is 3. The van der Waals surface area contributed by atoms with Crippen LogP contribution in [0.5, 0.6) is 0 Å². The van der Waals surface area contributed by atoms with Gasteiger partial charge in [-0.25, -0.2) is 0 Å². The highest BCUT2D eigenvalue weighted by Gasteiger charge is 2.19. The number of allylic oxidation sites excluding steroid dienone is 20. The van der Waals surface area contributed by atoms with E-state index >= 15 is 0 Å². The lowest BCUT2D eigenvalue weighted by Gasteiger charge is -2.18. The highest BCUT2D eigenvalue weighted by molar-refractivity contribution is 5.71. The number of unbranched alkanes of at least 4 members (excludes halogenated alkanes) is 24. The predicted molar refractivity (Wildman–Crippen MR) is 325 cm³/mol. The number of carbonyl (C=O) groups excluding carboxylic acids is 3. The molecule has 426 valence electrons. The van der Waals surface area contributed by atoms with Crippen LogP contribution in [0.4, 0.5) is 0 Å². The van der Waals surface area contributed by atoms with Crippen LogP contribution in [-0.2, 0) is 28.6 Å². The zero-order chi connectivity index (χ0) is 54.3. The average Bonchev–Trinajstić information content (AvgIpc) is 3.41. The molecular weight excluding hydrogens is 925 g/mol. The van der Waals surface area contributed by atoms with E-state index in [1.807, 2.05) is 0 Å². The second-order valence-electron chi connectivity index (χ2n) is 20.2. The van der Waals surface area contributed by atoms with Crippen LogP contribution >= 0.6 is 0 Å². The Kier molecular flexibility index (Phi) is 58.9. The van der Waals surface area contributed by atoms with Gasteiger partial charge in [0, 0.05) is 19.3 Å². The maximum absolute atomic E-state index is 12.9. The molecule has 0 N–H and O–H groups in total. The Balaban J connectivity index is 4.48. The van der Waals surface area contributed by atoms with E-state index < -0.39 is 6.10 Å². The van der Waals surface area contributed by atoms with Gasteiger partial charge in [-0.3, -0.25) is 14.4 Å². The van der Waals surface area contributed by atoms with Gasteiger partial charge in [-0.05, 0) is 135 Å². The van der Waals surface area contributed by atoms with Crippen molar-refractivity contribution in [3.8, 4) is 0 Å². The second-order valence-corrected chi connectivity index (χ2v) is 20.2. The van der Waals surface area contributed by atoms with Gasteiger partial charge in [-0.1, -0.05) is 245 Å². The van der Waals surface area contributed by atoms with E-state index in [0.29, 0.717) is 19.3 Å². The fourth-order valence-corrected chi connectivity index (χ4v) is 8.27. The lowest BCUT2D eigenvalue weighted by Crippen LogP contribution is -2.30. The van der Waals surface area contributed by atoms with Gasteiger partial charge in [0.05, 0.1) is 0 Å². The minimum Gasteiger partial charge on any atom is -0.462 e. The standard InChI is InChI=1S/C69H114O6/c1-4-7-10-13-16-19-22-25-28-30-32-33-34-35-37-38-41-44-47-50-53-56-59-62-68(71)74-65-66(64-73-67(70)61-58-55-52-49-46-43-40-27-24-21-18-15-12-9-6-3)75-69(72)63-60-57-54-51-48-45-42-39-36-31-29-26-23-20-17-14-11-8-5-2/h7,10,16-17,19-20,25-29,32-33,35-37,39-41,44,66H,4-6,8-9,11-15,18,21-24,30-31,34,38,42-43,45-65H2,1-3H3/b10-7-,19-16-,20-17-,28-25-,29-26-,33-32-,37-35-,39-36-,40-27-,44-41-. The van der Waals surface area contributed by atoms with E-state index in [1.54, 1.807) is 0 Å². The molecule has 0 radical (unpaired) electrons.